The molecule has 2 heterocycles. The van der Waals surface area contributed by atoms with Crippen LogP contribution < -0.4 is 11.2 Å². The van der Waals surface area contributed by atoms with Crippen molar-refractivity contribution in [1.82, 2.24) is 19.9 Å². The lowest BCUT2D eigenvalue weighted by Gasteiger charge is -2.00. The summed E-state index contributed by atoms with van der Waals surface area (Å²) < 4.78 is 0.837. The van der Waals surface area contributed by atoms with Crippen molar-refractivity contribution in [2.24, 2.45) is 0 Å². The van der Waals surface area contributed by atoms with Gasteiger partial charge in [-0.3, -0.25) is 14.8 Å². The second-order valence-corrected chi connectivity index (χ2v) is 5.16. The maximum Gasteiger partial charge on any atom is 0.327 e. The van der Waals surface area contributed by atoms with Crippen LogP contribution in [0.2, 0.25) is 5.02 Å². The largest absolute Gasteiger partial charge is 0.332 e. The number of aromatic nitrogens is 4. The zero-order valence-electron chi connectivity index (χ0n) is 9.25. The van der Waals surface area contributed by atoms with E-state index in [1.807, 2.05) is 0 Å². The monoisotopic (exact) mass is 340 g/mol. The molecule has 0 amide bonds. The molecule has 0 atom stereocenters. The number of hydrogen-bond donors (Lipinski definition) is 3. The van der Waals surface area contributed by atoms with Gasteiger partial charge in [0.05, 0.1) is 5.02 Å². The Hall–Kier alpha value is -1.86. The quantitative estimate of drug-likeness (QED) is 0.632. The van der Waals surface area contributed by atoms with Gasteiger partial charge in [0.1, 0.15) is 11.3 Å². The minimum atomic E-state index is -0.600. The average Bonchev–Trinajstić information content (AvgIpc) is 2.72. The fraction of sp³-hybridized carbons (Fsp3) is 0. The van der Waals surface area contributed by atoms with E-state index in [1.54, 1.807) is 18.2 Å². The number of hydrogen-bond acceptors (Lipinski definition) is 3. The van der Waals surface area contributed by atoms with Crippen LogP contribution in [-0.4, -0.2) is 19.9 Å². The van der Waals surface area contributed by atoms with Crippen LogP contribution >= 0.6 is 27.5 Å². The van der Waals surface area contributed by atoms with Crippen LogP contribution in [0.3, 0.4) is 0 Å². The van der Waals surface area contributed by atoms with Gasteiger partial charge in [-0.2, -0.15) is 0 Å². The van der Waals surface area contributed by atoms with Crippen LogP contribution in [0.5, 0.6) is 0 Å². The molecule has 0 saturated carbocycles. The van der Waals surface area contributed by atoms with Crippen molar-refractivity contribution < 1.29 is 0 Å². The smallest absolute Gasteiger partial charge is 0.327 e. The van der Waals surface area contributed by atoms with E-state index in [1.165, 1.54) is 0 Å². The lowest BCUT2D eigenvalue weighted by Crippen LogP contribution is -2.21. The number of halogens is 2. The van der Waals surface area contributed by atoms with E-state index in [9.17, 15) is 9.59 Å². The highest BCUT2D eigenvalue weighted by atomic mass is 79.9. The van der Waals surface area contributed by atoms with Gasteiger partial charge in [-0.1, -0.05) is 27.5 Å². The molecule has 0 radical (unpaired) electrons. The molecular formula is C11H6BrClN4O2. The first-order valence-electron chi connectivity index (χ1n) is 5.22. The molecule has 0 fully saturated rings. The SMILES string of the molecule is O=c1[nH]c(=O)c2[nH]c(-c3ccc(Br)cc3Cl)nc2[nH]1. The molecule has 0 aliphatic rings. The van der Waals surface area contributed by atoms with Gasteiger partial charge in [-0.15, -0.1) is 0 Å². The van der Waals surface area contributed by atoms with Crippen LogP contribution in [0.15, 0.2) is 32.3 Å². The van der Waals surface area contributed by atoms with Crippen molar-refractivity contribution in [2.45, 2.75) is 0 Å². The summed E-state index contributed by atoms with van der Waals surface area (Å²) in [6.45, 7) is 0. The summed E-state index contributed by atoms with van der Waals surface area (Å²) in [5.41, 5.74) is -0.0826. The Morgan fingerprint density at radius 2 is 1.95 bits per heavy atom. The number of nitrogens with zero attached hydrogens (tertiary/aromatic N) is 1. The molecule has 3 N–H and O–H groups in total. The molecule has 3 aromatic rings. The molecule has 0 bridgehead atoms. The molecule has 19 heavy (non-hydrogen) atoms. The van der Waals surface area contributed by atoms with E-state index in [0.29, 0.717) is 16.4 Å². The highest BCUT2D eigenvalue weighted by Crippen LogP contribution is 2.28. The van der Waals surface area contributed by atoms with Crippen molar-refractivity contribution in [3.8, 4) is 11.4 Å². The van der Waals surface area contributed by atoms with Crippen molar-refractivity contribution >= 4 is 38.7 Å². The van der Waals surface area contributed by atoms with Gasteiger partial charge in [0.15, 0.2) is 5.65 Å². The van der Waals surface area contributed by atoms with E-state index in [2.05, 4.69) is 35.9 Å². The van der Waals surface area contributed by atoms with E-state index in [-0.39, 0.29) is 11.2 Å². The number of rotatable bonds is 1. The third kappa shape index (κ3) is 2.11. The Bertz CT molecular complexity index is 896. The first kappa shape index (κ1) is 12.2. The topological polar surface area (TPSA) is 94.4 Å². The molecule has 96 valence electrons. The highest BCUT2D eigenvalue weighted by Gasteiger charge is 2.12. The van der Waals surface area contributed by atoms with Gasteiger partial charge in [-0.25, -0.2) is 9.78 Å². The lowest BCUT2D eigenvalue weighted by molar-refractivity contribution is 1.07. The summed E-state index contributed by atoms with van der Waals surface area (Å²) in [4.78, 5) is 34.3. The number of benzene rings is 1. The minimum absolute atomic E-state index is 0.197. The zero-order valence-corrected chi connectivity index (χ0v) is 11.6. The van der Waals surface area contributed by atoms with Crippen molar-refractivity contribution in [1.29, 1.82) is 0 Å². The second-order valence-electron chi connectivity index (χ2n) is 3.84. The van der Waals surface area contributed by atoms with Crippen LogP contribution in [0, 0.1) is 0 Å². The summed E-state index contributed by atoms with van der Waals surface area (Å²) in [5, 5.41) is 0.479. The maximum atomic E-state index is 11.6. The summed E-state index contributed by atoms with van der Waals surface area (Å²) in [7, 11) is 0. The number of fused-ring (bicyclic) bond motifs is 1. The molecule has 0 unspecified atom stereocenters. The molecule has 0 spiro atoms. The Kier molecular flexibility index (Phi) is 2.79. The van der Waals surface area contributed by atoms with Crippen LogP contribution in [0.4, 0.5) is 0 Å². The molecular weight excluding hydrogens is 336 g/mol. The summed E-state index contributed by atoms with van der Waals surface area (Å²) in [5.74, 6) is 0.417. The molecule has 8 heteroatoms. The highest BCUT2D eigenvalue weighted by molar-refractivity contribution is 9.10. The Morgan fingerprint density at radius 1 is 1.16 bits per heavy atom. The third-order valence-corrected chi connectivity index (χ3v) is 3.38. The van der Waals surface area contributed by atoms with Gasteiger partial charge in [-0.05, 0) is 18.2 Å². The maximum absolute atomic E-state index is 11.6. The minimum Gasteiger partial charge on any atom is -0.332 e. The van der Waals surface area contributed by atoms with E-state index >= 15 is 0 Å². The summed E-state index contributed by atoms with van der Waals surface area (Å²) >= 11 is 9.42. The predicted molar refractivity (Wildman–Crippen MR) is 75.5 cm³/mol. The average molecular weight is 342 g/mol. The number of imidazole rings is 1. The van der Waals surface area contributed by atoms with Crippen LogP contribution in [-0.2, 0) is 0 Å². The third-order valence-electron chi connectivity index (χ3n) is 2.58. The van der Waals surface area contributed by atoms with Crippen molar-refractivity contribution in [3.05, 3.63) is 48.5 Å². The fourth-order valence-corrected chi connectivity index (χ4v) is 2.50. The number of nitrogens with one attached hydrogen (secondary N) is 3. The standard InChI is InChI=1S/C11H6BrClN4O2/c12-4-1-2-5(6(13)3-4)8-14-7-9(15-8)16-11(19)17-10(7)18/h1-3H,(H3,14,15,16,17,18,19). The molecule has 0 aliphatic heterocycles. The van der Waals surface area contributed by atoms with Gasteiger partial charge < -0.3 is 4.98 Å². The van der Waals surface area contributed by atoms with E-state index in [0.717, 1.165) is 4.47 Å². The molecule has 0 aliphatic carbocycles. The van der Waals surface area contributed by atoms with E-state index in [4.69, 9.17) is 11.6 Å². The molecule has 6 nitrogen and oxygen atoms in total. The number of aromatic amines is 3. The van der Waals surface area contributed by atoms with Crippen molar-refractivity contribution in [3.63, 3.8) is 0 Å². The number of H-pyrrole nitrogens is 3. The predicted octanol–water partition coefficient (Wildman–Crippen LogP) is 2.02. The van der Waals surface area contributed by atoms with Crippen LogP contribution in [0.1, 0.15) is 0 Å². The first-order valence-corrected chi connectivity index (χ1v) is 6.39. The molecule has 3 rings (SSSR count). The first-order chi connectivity index (χ1) is 9.04. The molecule has 1 aromatic carbocycles. The lowest BCUT2D eigenvalue weighted by atomic mass is 10.2. The zero-order chi connectivity index (χ0) is 13.6. The van der Waals surface area contributed by atoms with Gasteiger partial charge in [0, 0.05) is 10.0 Å². The fourth-order valence-electron chi connectivity index (χ4n) is 1.74. The Labute approximate surface area is 119 Å². The summed E-state index contributed by atoms with van der Waals surface area (Å²) in [6.07, 6.45) is 0. The summed E-state index contributed by atoms with van der Waals surface area (Å²) in [6, 6.07) is 5.29. The normalized spacial score (nSPS) is 11.1. The van der Waals surface area contributed by atoms with Gasteiger partial charge in [0.25, 0.3) is 5.56 Å². The Balaban J connectivity index is 2.29. The van der Waals surface area contributed by atoms with Crippen molar-refractivity contribution in [2.75, 3.05) is 0 Å². The van der Waals surface area contributed by atoms with E-state index < -0.39 is 11.2 Å². The van der Waals surface area contributed by atoms with Gasteiger partial charge in [0.2, 0.25) is 0 Å². The molecule has 2 aromatic heterocycles. The molecule has 0 saturated heterocycles. The van der Waals surface area contributed by atoms with Crippen LogP contribution in [0.25, 0.3) is 22.6 Å². The van der Waals surface area contributed by atoms with Gasteiger partial charge >= 0.3 is 5.69 Å². The second kappa shape index (κ2) is 4.36. The Morgan fingerprint density at radius 3 is 2.68 bits per heavy atom.